The van der Waals surface area contributed by atoms with Gasteiger partial charge >= 0.3 is 0 Å². The molecule has 0 spiro atoms. The summed E-state index contributed by atoms with van der Waals surface area (Å²) in [5.74, 6) is 0.785. The van der Waals surface area contributed by atoms with Gasteiger partial charge in [0.25, 0.3) is 0 Å². The molecule has 2 aromatic carbocycles. The second-order valence-electron chi connectivity index (χ2n) is 4.45. The molecular formula is C15H13N3O2. The van der Waals surface area contributed by atoms with Gasteiger partial charge in [-0.3, -0.25) is 5.10 Å². The summed E-state index contributed by atoms with van der Waals surface area (Å²) in [4.78, 5) is 0. The smallest absolute Gasteiger partial charge is 0.153 e. The Labute approximate surface area is 115 Å². The van der Waals surface area contributed by atoms with Crippen LogP contribution in [0.5, 0.6) is 11.5 Å². The third-order valence-electron chi connectivity index (χ3n) is 3.11. The molecule has 5 heteroatoms. The normalized spacial score (nSPS) is 10.6. The summed E-state index contributed by atoms with van der Waals surface area (Å²) in [5, 5.41) is 25.7. The number of anilines is 1. The highest BCUT2D eigenvalue weighted by Gasteiger charge is 2.14. The summed E-state index contributed by atoms with van der Waals surface area (Å²) < 4.78 is 0. The zero-order valence-corrected chi connectivity index (χ0v) is 10.5. The zero-order valence-electron chi connectivity index (χ0n) is 10.5. The van der Waals surface area contributed by atoms with Crippen LogP contribution >= 0.6 is 0 Å². The molecule has 0 aliphatic heterocycles. The lowest BCUT2D eigenvalue weighted by atomic mass is 10.0. The Bertz CT molecular complexity index is 731. The Balaban J connectivity index is 2.14. The lowest BCUT2D eigenvalue weighted by molar-refractivity contribution is 0.475. The minimum absolute atomic E-state index is 0.196. The van der Waals surface area contributed by atoms with Gasteiger partial charge in [0.2, 0.25) is 0 Å². The number of H-pyrrole nitrogens is 1. The maximum absolute atomic E-state index is 9.36. The minimum atomic E-state index is 0.196. The van der Waals surface area contributed by atoms with Crippen molar-refractivity contribution in [3.63, 3.8) is 0 Å². The quantitative estimate of drug-likeness (QED) is 0.574. The van der Waals surface area contributed by atoms with Gasteiger partial charge in [0.15, 0.2) is 5.82 Å². The summed E-state index contributed by atoms with van der Waals surface area (Å²) in [5.41, 5.74) is 9.20. The number of phenolic OH excluding ortho intramolecular Hbond substituents is 2. The molecule has 0 saturated carbocycles. The van der Waals surface area contributed by atoms with E-state index in [4.69, 9.17) is 5.73 Å². The number of aromatic amines is 1. The largest absolute Gasteiger partial charge is 0.508 e. The number of aromatic nitrogens is 2. The number of hydrogen-bond acceptors (Lipinski definition) is 4. The van der Waals surface area contributed by atoms with Crippen LogP contribution in [-0.4, -0.2) is 20.4 Å². The molecule has 0 atom stereocenters. The fourth-order valence-corrected chi connectivity index (χ4v) is 2.11. The van der Waals surface area contributed by atoms with Crippen molar-refractivity contribution in [3.8, 4) is 33.9 Å². The summed E-state index contributed by atoms with van der Waals surface area (Å²) in [6.45, 7) is 0. The van der Waals surface area contributed by atoms with Crippen LogP contribution in [0.25, 0.3) is 22.4 Å². The summed E-state index contributed by atoms with van der Waals surface area (Å²) in [7, 11) is 0. The van der Waals surface area contributed by atoms with Crippen LogP contribution in [0.15, 0.2) is 48.5 Å². The lowest BCUT2D eigenvalue weighted by Gasteiger charge is -2.05. The number of nitrogen functional groups attached to an aromatic ring is 1. The molecule has 0 aliphatic carbocycles. The van der Waals surface area contributed by atoms with Crippen LogP contribution in [0.4, 0.5) is 5.82 Å². The first kappa shape index (κ1) is 12.1. The van der Waals surface area contributed by atoms with Crippen LogP contribution in [0.3, 0.4) is 0 Å². The maximum atomic E-state index is 9.36. The number of hydrogen-bond donors (Lipinski definition) is 4. The number of rotatable bonds is 2. The van der Waals surface area contributed by atoms with E-state index in [0.29, 0.717) is 5.82 Å². The van der Waals surface area contributed by atoms with Crippen molar-refractivity contribution >= 4 is 5.82 Å². The molecule has 0 aliphatic rings. The predicted octanol–water partition coefficient (Wildman–Crippen LogP) is 2.74. The Morgan fingerprint density at radius 1 is 0.800 bits per heavy atom. The first-order chi connectivity index (χ1) is 9.65. The Hall–Kier alpha value is -2.95. The van der Waals surface area contributed by atoms with E-state index in [9.17, 15) is 10.2 Å². The van der Waals surface area contributed by atoms with Gasteiger partial charge in [-0.05, 0) is 42.0 Å². The van der Waals surface area contributed by atoms with E-state index in [1.54, 1.807) is 48.5 Å². The van der Waals surface area contributed by atoms with E-state index in [0.717, 1.165) is 22.4 Å². The molecule has 0 saturated heterocycles. The van der Waals surface area contributed by atoms with Crippen molar-refractivity contribution in [2.75, 3.05) is 5.73 Å². The number of nitrogens with two attached hydrogens (primary N) is 1. The van der Waals surface area contributed by atoms with Crippen molar-refractivity contribution in [1.82, 2.24) is 10.2 Å². The predicted molar refractivity (Wildman–Crippen MR) is 77.2 cm³/mol. The third kappa shape index (κ3) is 2.05. The first-order valence-corrected chi connectivity index (χ1v) is 6.08. The Morgan fingerprint density at radius 2 is 1.30 bits per heavy atom. The molecule has 20 heavy (non-hydrogen) atoms. The van der Waals surface area contributed by atoms with E-state index in [1.807, 2.05) is 0 Å². The Kier molecular flexibility index (Phi) is 2.80. The number of benzene rings is 2. The molecule has 0 unspecified atom stereocenters. The van der Waals surface area contributed by atoms with Gasteiger partial charge in [-0.2, -0.15) is 5.10 Å². The van der Waals surface area contributed by atoms with E-state index in [1.165, 1.54) is 0 Å². The van der Waals surface area contributed by atoms with Crippen molar-refractivity contribution in [2.45, 2.75) is 0 Å². The van der Waals surface area contributed by atoms with Gasteiger partial charge in [-0.15, -0.1) is 0 Å². The molecule has 3 rings (SSSR count). The van der Waals surface area contributed by atoms with E-state index in [2.05, 4.69) is 10.2 Å². The Morgan fingerprint density at radius 3 is 1.85 bits per heavy atom. The van der Waals surface area contributed by atoms with Crippen LogP contribution < -0.4 is 5.73 Å². The summed E-state index contributed by atoms with van der Waals surface area (Å²) in [6, 6.07) is 13.5. The average Bonchev–Trinajstić information content (AvgIpc) is 2.83. The number of nitrogens with zero attached hydrogens (tertiary/aromatic N) is 1. The number of phenols is 2. The number of nitrogens with one attached hydrogen (secondary N) is 1. The lowest BCUT2D eigenvalue weighted by Crippen LogP contribution is -1.88. The van der Waals surface area contributed by atoms with Crippen LogP contribution in [0, 0.1) is 0 Å². The average molecular weight is 267 g/mol. The van der Waals surface area contributed by atoms with E-state index < -0.39 is 0 Å². The molecule has 0 bridgehead atoms. The van der Waals surface area contributed by atoms with Gasteiger partial charge in [0, 0.05) is 5.56 Å². The second kappa shape index (κ2) is 4.62. The molecule has 1 aromatic heterocycles. The van der Waals surface area contributed by atoms with Gasteiger partial charge in [-0.1, -0.05) is 12.1 Å². The van der Waals surface area contributed by atoms with E-state index in [-0.39, 0.29) is 11.5 Å². The first-order valence-electron chi connectivity index (χ1n) is 6.08. The number of aromatic hydroxyl groups is 2. The molecule has 0 amide bonds. The highest BCUT2D eigenvalue weighted by Crippen LogP contribution is 2.35. The van der Waals surface area contributed by atoms with Crippen LogP contribution in [0.1, 0.15) is 0 Å². The monoisotopic (exact) mass is 267 g/mol. The highest BCUT2D eigenvalue weighted by atomic mass is 16.3. The third-order valence-corrected chi connectivity index (χ3v) is 3.11. The van der Waals surface area contributed by atoms with Crippen molar-refractivity contribution < 1.29 is 10.2 Å². The van der Waals surface area contributed by atoms with Crippen molar-refractivity contribution in [2.24, 2.45) is 0 Å². The molecule has 100 valence electrons. The molecule has 3 aromatic rings. The van der Waals surface area contributed by atoms with Gasteiger partial charge in [0.1, 0.15) is 11.5 Å². The van der Waals surface area contributed by atoms with Crippen LogP contribution in [-0.2, 0) is 0 Å². The van der Waals surface area contributed by atoms with Crippen molar-refractivity contribution in [1.29, 1.82) is 0 Å². The molecule has 0 fully saturated rings. The topological polar surface area (TPSA) is 95.2 Å². The van der Waals surface area contributed by atoms with Gasteiger partial charge in [-0.25, -0.2) is 0 Å². The molecule has 5 N–H and O–H groups in total. The van der Waals surface area contributed by atoms with Gasteiger partial charge < -0.3 is 15.9 Å². The standard InChI is InChI=1S/C15H13N3O2/c16-15-13(9-1-5-11(19)6-2-9)14(17-18-15)10-3-7-12(20)8-4-10/h1-8,19-20H,(H3,16,17,18). The van der Waals surface area contributed by atoms with Crippen LogP contribution in [0.2, 0.25) is 0 Å². The minimum Gasteiger partial charge on any atom is -0.508 e. The van der Waals surface area contributed by atoms with Crippen molar-refractivity contribution in [3.05, 3.63) is 48.5 Å². The second-order valence-corrected chi connectivity index (χ2v) is 4.45. The molecular weight excluding hydrogens is 254 g/mol. The fourth-order valence-electron chi connectivity index (χ4n) is 2.11. The molecule has 0 radical (unpaired) electrons. The zero-order chi connectivity index (χ0) is 14.1. The molecule has 5 nitrogen and oxygen atoms in total. The highest BCUT2D eigenvalue weighted by molar-refractivity contribution is 5.87. The fraction of sp³-hybridized carbons (Fsp3) is 0. The maximum Gasteiger partial charge on any atom is 0.153 e. The van der Waals surface area contributed by atoms with Gasteiger partial charge in [0.05, 0.1) is 11.3 Å². The summed E-state index contributed by atoms with van der Waals surface area (Å²) in [6.07, 6.45) is 0. The molecule has 1 heterocycles. The SMILES string of the molecule is Nc1n[nH]c(-c2ccc(O)cc2)c1-c1ccc(O)cc1. The van der Waals surface area contributed by atoms with E-state index >= 15 is 0 Å². The summed E-state index contributed by atoms with van der Waals surface area (Å²) >= 11 is 0.